The van der Waals surface area contributed by atoms with Crippen molar-refractivity contribution in [1.82, 2.24) is 5.32 Å². The molecule has 2 saturated heterocycles. The van der Waals surface area contributed by atoms with Gasteiger partial charge in [0.25, 0.3) is 0 Å². The fourth-order valence-electron chi connectivity index (χ4n) is 10.2. The van der Waals surface area contributed by atoms with Gasteiger partial charge in [-0.1, -0.05) is 39.3 Å². The molecule has 0 aromatic rings. The number of nitrogens with one attached hydrogen (secondary N) is 1. The predicted octanol–water partition coefficient (Wildman–Crippen LogP) is 5.86. The number of carbonyl (C=O) groups is 1. The summed E-state index contributed by atoms with van der Waals surface area (Å²) in [5.74, 6) is 4.30. The fourth-order valence-corrected chi connectivity index (χ4v) is 10.2. The third-order valence-electron chi connectivity index (χ3n) is 11.9. The maximum Gasteiger partial charge on any atom is 0.302 e. The first-order chi connectivity index (χ1) is 15.7. The highest BCUT2D eigenvalue weighted by Crippen LogP contribution is 2.70. The molecular weight excluding hydrogens is 410 g/mol. The number of allylic oxidation sites excluding steroid dienone is 1. The Kier molecular flexibility index (Phi) is 5.18. The Balaban J connectivity index is 1.24. The summed E-state index contributed by atoms with van der Waals surface area (Å²) in [4.78, 5) is 11.5. The molecule has 6 aliphatic rings. The van der Waals surface area contributed by atoms with Crippen LogP contribution in [-0.2, 0) is 14.3 Å². The van der Waals surface area contributed by atoms with Crippen LogP contribution in [0.15, 0.2) is 11.6 Å². The van der Waals surface area contributed by atoms with Gasteiger partial charge in [-0.3, -0.25) is 10.1 Å². The summed E-state index contributed by atoms with van der Waals surface area (Å²) in [7, 11) is 0. The van der Waals surface area contributed by atoms with Crippen molar-refractivity contribution in [3.63, 3.8) is 0 Å². The number of esters is 1. The van der Waals surface area contributed by atoms with E-state index in [1.54, 1.807) is 12.5 Å². The molecule has 0 radical (unpaired) electrons. The normalized spacial score (nSPS) is 55.2. The SMILES string of the molecule is CC(=O)O[C@@H]1CC[C@@]2(C)C(=CC[C@H]3[C@H]2CC[C@]2(C)[C@@H]4[C@@H](C)[C@]5(CC[C@H](C)CN5)O[C@@H]4C[C@@H]32)C1. The van der Waals surface area contributed by atoms with E-state index in [0.29, 0.717) is 28.8 Å². The van der Waals surface area contributed by atoms with Gasteiger partial charge in [-0.05, 0) is 91.8 Å². The summed E-state index contributed by atoms with van der Waals surface area (Å²) in [5.41, 5.74) is 2.24. The van der Waals surface area contributed by atoms with Crippen LogP contribution < -0.4 is 5.32 Å². The topological polar surface area (TPSA) is 47.6 Å². The molecule has 4 heteroatoms. The molecule has 1 spiro atoms. The van der Waals surface area contributed by atoms with Gasteiger partial charge in [0.15, 0.2) is 0 Å². The average molecular weight is 456 g/mol. The number of ether oxygens (including phenoxy) is 2. The molecule has 0 aromatic heterocycles. The summed E-state index contributed by atoms with van der Waals surface area (Å²) >= 11 is 0. The smallest absolute Gasteiger partial charge is 0.302 e. The van der Waals surface area contributed by atoms with Crippen molar-refractivity contribution in [2.45, 2.75) is 110 Å². The molecule has 2 heterocycles. The van der Waals surface area contributed by atoms with Crippen LogP contribution >= 0.6 is 0 Å². The van der Waals surface area contributed by atoms with Crippen molar-refractivity contribution in [2.75, 3.05) is 6.54 Å². The van der Waals surface area contributed by atoms with Crippen molar-refractivity contribution in [3.8, 4) is 0 Å². The molecule has 4 nitrogen and oxygen atoms in total. The molecule has 11 atom stereocenters. The molecule has 4 aliphatic carbocycles. The zero-order valence-electron chi connectivity index (χ0n) is 21.5. The van der Waals surface area contributed by atoms with Crippen molar-refractivity contribution >= 4 is 5.97 Å². The number of carbonyl (C=O) groups excluding carboxylic acids is 1. The van der Waals surface area contributed by atoms with Gasteiger partial charge in [0.2, 0.25) is 0 Å². The molecule has 5 fully saturated rings. The monoisotopic (exact) mass is 455 g/mol. The first-order valence-electron chi connectivity index (χ1n) is 14.0. The molecule has 2 aliphatic heterocycles. The van der Waals surface area contributed by atoms with Gasteiger partial charge in [0, 0.05) is 25.8 Å². The molecular formula is C29H45NO3. The van der Waals surface area contributed by atoms with Crippen molar-refractivity contribution in [2.24, 2.45) is 46.3 Å². The second kappa shape index (κ2) is 7.56. The lowest BCUT2D eigenvalue weighted by atomic mass is 9.47. The van der Waals surface area contributed by atoms with Crippen molar-refractivity contribution in [1.29, 1.82) is 0 Å². The summed E-state index contributed by atoms with van der Waals surface area (Å²) in [5, 5.41) is 3.88. The zero-order valence-corrected chi connectivity index (χ0v) is 21.5. The number of hydrogen-bond acceptors (Lipinski definition) is 4. The maximum absolute atomic E-state index is 11.5. The summed E-state index contributed by atoms with van der Waals surface area (Å²) in [6.07, 6.45) is 13.9. The van der Waals surface area contributed by atoms with E-state index in [4.69, 9.17) is 9.47 Å². The summed E-state index contributed by atoms with van der Waals surface area (Å²) < 4.78 is 12.6. The minimum Gasteiger partial charge on any atom is -0.462 e. The highest BCUT2D eigenvalue weighted by molar-refractivity contribution is 5.66. The number of rotatable bonds is 1. The van der Waals surface area contributed by atoms with Crippen LogP contribution in [0.25, 0.3) is 0 Å². The van der Waals surface area contributed by atoms with Gasteiger partial charge >= 0.3 is 5.97 Å². The van der Waals surface area contributed by atoms with E-state index in [1.165, 1.54) is 44.9 Å². The second-order valence-corrected chi connectivity index (χ2v) is 13.4. The lowest BCUT2D eigenvalue weighted by Crippen LogP contribution is -2.57. The molecule has 3 saturated carbocycles. The average Bonchev–Trinajstić information content (AvgIpc) is 3.21. The Morgan fingerprint density at radius 2 is 1.94 bits per heavy atom. The highest BCUT2D eigenvalue weighted by Gasteiger charge is 2.68. The quantitative estimate of drug-likeness (QED) is 0.397. The standard InChI is InChI=1S/C29H45NO3/c1-17-8-13-29(30-16-17)18(2)26-25(33-29)15-24-22-7-6-20-14-21(32-19(3)31)9-11-27(20,4)23(22)10-12-28(24,26)5/h6,17-18,21-26,30H,7-16H2,1-5H3/t17-,18+,21+,22-,23+,24-,25+,26+,27-,28-,29-/m0/s1. The van der Waals surface area contributed by atoms with Crippen molar-refractivity contribution in [3.05, 3.63) is 11.6 Å². The van der Waals surface area contributed by atoms with E-state index in [9.17, 15) is 4.79 Å². The summed E-state index contributed by atoms with van der Waals surface area (Å²) in [6, 6.07) is 0. The predicted molar refractivity (Wildman–Crippen MR) is 129 cm³/mol. The Morgan fingerprint density at radius 1 is 1.12 bits per heavy atom. The lowest BCUT2D eigenvalue weighted by molar-refractivity contribution is -0.148. The third kappa shape index (κ3) is 3.18. The summed E-state index contributed by atoms with van der Waals surface area (Å²) in [6.45, 7) is 12.7. The second-order valence-electron chi connectivity index (χ2n) is 13.4. The van der Waals surface area contributed by atoms with Crippen LogP contribution in [0, 0.1) is 46.3 Å². The maximum atomic E-state index is 11.5. The van der Waals surface area contributed by atoms with Crippen LogP contribution in [0.4, 0.5) is 0 Å². The number of fused-ring (bicyclic) bond motifs is 7. The van der Waals surface area contributed by atoms with Gasteiger partial charge in [0.05, 0.1) is 6.10 Å². The molecule has 0 bridgehead atoms. The van der Waals surface area contributed by atoms with Gasteiger partial charge in [-0.2, -0.15) is 0 Å². The van der Waals surface area contributed by atoms with Gasteiger partial charge in [-0.15, -0.1) is 0 Å². The van der Waals surface area contributed by atoms with E-state index < -0.39 is 0 Å². The largest absolute Gasteiger partial charge is 0.462 e. The number of piperidine rings is 1. The van der Waals surface area contributed by atoms with Gasteiger partial charge < -0.3 is 9.47 Å². The minimum atomic E-state index is -0.127. The van der Waals surface area contributed by atoms with E-state index in [2.05, 4.69) is 39.1 Å². The molecule has 33 heavy (non-hydrogen) atoms. The van der Waals surface area contributed by atoms with Crippen LogP contribution in [-0.4, -0.2) is 30.4 Å². The Hall–Kier alpha value is -0.870. The molecule has 0 aromatic carbocycles. The highest BCUT2D eigenvalue weighted by atomic mass is 16.5. The minimum absolute atomic E-state index is 0.0621. The molecule has 184 valence electrons. The molecule has 0 unspecified atom stereocenters. The zero-order chi connectivity index (χ0) is 23.2. The fraction of sp³-hybridized carbons (Fsp3) is 0.897. The van der Waals surface area contributed by atoms with Gasteiger partial charge in [0.1, 0.15) is 11.8 Å². The molecule has 1 N–H and O–H groups in total. The molecule has 6 rings (SSSR count). The third-order valence-corrected chi connectivity index (χ3v) is 11.9. The van der Waals surface area contributed by atoms with E-state index >= 15 is 0 Å². The Morgan fingerprint density at radius 3 is 2.67 bits per heavy atom. The van der Waals surface area contributed by atoms with Crippen LogP contribution in [0.1, 0.15) is 92.4 Å². The Bertz CT molecular complexity index is 844. The van der Waals surface area contributed by atoms with E-state index in [1.807, 2.05) is 0 Å². The first-order valence-corrected chi connectivity index (χ1v) is 14.0. The van der Waals surface area contributed by atoms with Crippen molar-refractivity contribution < 1.29 is 14.3 Å². The molecule has 0 amide bonds. The van der Waals surface area contributed by atoms with E-state index in [0.717, 1.165) is 43.1 Å². The first kappa shape index (κ1) is 22.6. The van der Waals surface area contributed by atoms with Gasteiger partial charge in [-0.25, -0.2) is 0 Å². The van der Waals surface area contributed by atoms with Crippen LogP contribution in [0.5, 0.6) is 0 Å². The lowest BCUT2D eigenvalue weighted by Gasteiger charge is -2.58. The van der Waals surface area contributed by atoms with E-state index in [-0.39, 0.29) is 17.8 Å². The van der Waals surface area contributed by atoms with Crippen LogP contribution in [0.2, 0.25) is 0 Å². The van der Waals surface area contributed by atoms with Crippen LogP contribution in [0.3, 0.4) is 0 Å². The number of hydrogen-bond donors (Lipinski definition) is 1. The Labute approximate surface area is 200 Å².